The number of carbonyl (C=O) groups is 1. The lowest BCUT2D eigenvalue weighted by Crippen LogP contribution is -2.04. The Kier molecular flexibility index (Phi) is 3.62. The van der Waals surface area contributed by atoms with Gasteiger partial charge < -0.3 is 14.8 Å². The van der Waals surface area contributed by atoms with Gasteiger partial charge in [0.2, 0.25) is 0 Å². The Hall–Kier alpha value is -1.81. The third-order valence-corrected chi connectivity index (χ3v) is 3.76. The van der Waals surface area contributed by atoms with Gasteiger partial charge in [0.25, 0.3) is 0 Å². The van der Waals surface area contributed by atoms with Gasteiger partial charge in [-0.2, -0.15) is 0 Å². The lowest BCUT2D eigenvalue weighted by Gasteiger charge is -2.08. The highest BCUT2D eigenvalue weighted by molar-refractivity contribution is 5.96. The van der Waals surface area contributed by atoms with Crippen molar-refractivity contribution in [3.05, 3.63) is 34.5 Å². The molecule has 0 saturated carbocycles. The van der Waals surface area contributed by atoms with Crippen molar-refractivity contribution < 1.29 is 15.0 Å². The molecule has 2 aromatic rings. The zero-order valence-corrected chi connectivity index (χ0v) is 11.5. The molecule has 1 heterocycles. The molecule has 0 saturated heterocycles. The number of aryl methyl sites for hydroxylation is 3. The van der Waals surface area contributed by atoms with E-state index in [0.29, 0.717) is 18.5 Å². The quantitative estimate of drug-likeness (QED) is 0.889. The summed E-state index contributed by atoms with van der Waals surface area (Å²) in [6.07, 6.45) is 0.667. The predicted molar refractivity (Wildman–Crippen MR) is 74.8 cm³/mol. The molecule has 0 aliphatic heterocycles. The molecule has 19 heavy (non-hydrogen) atoms. The highest BCUT2D eigenvalue weighted by Gasteiger charge is 2.15. The molecule has 0 atom stereocenters. The minimum atomic E-state index is -0.899. The number of carboxylic acid groups (broad SMARTS) is 1. The van der Waals surface area contributed by atoms with Crippen LogP contribution in [0, 0.1) is 20.8 Å². The van der Waals surface area contributed by atoms with E-state index < -0.39 is 5.97 Å². The molecule has 0 aliphatic carbocycles. The van der Waals surface area contributed by atoms with E-state index in [1.807, 2.05) is 26.8 Å². The number of benzene rings is 1. The Morgan fingerprint density at radius 2 is 1.95 bits per heavy atom. The van der Waals surface area contributed by atoms with Gasteiger partial charge in [0.15, 0.2) is 0 Å². The molecule has 1 aromatic carbocycles. The molecule has 4 nitrogen and oxygen atoms in total. The zero-order chi connectivity index (χ0) is 14.2. The Labute approximate surface area is 112 Å². The summed E-state index contributed by atoms with van der Waals surface area (Å²) in [6.45, 7) is 6.74. The van der Waals surface area contributed by atoms with Crippen LogP contribution in [0.5, 0.6) is 0 Å². The molecule has 0 radical (unpaired) electrons. The number of rotatable bonds is 4. The van der Waals surface area contributed by atoms with Crippen molar-refractivity contribution >= 4 is 16.9 Å². The first-order chi connectivity index (χ1) is 8.97. The molecule has 1 aromatic heterocycles. The van der Waals surface area contributed by atoms with Gasteiger partial charge in [-0.15, -0.1) is 0 Å². The van der Waals surface area contributed by atoms with Crippen LogP contribution in [0.1, 0.15) is 33.6 Å². The third kappa shape index (κ3) is 2.24. The molecule has 0 bridgehead atoms. The van der Waals surface area contributed by atoms with Crippen LogP contribution in [0.25, 0.3) is 10.9 Å². The predicted octanol–water partition coefficient (Wildman–Crippen LogP) is 2.65. The van der Waals surface area contributed by atoms with E-state index in [4.69, 9.17) is 5.11 Å². The summed E-state index contributed by atoms with van der Waals surface area (Å²) in [6, 6.07) is 3.68. The maximum Gasteiger partial charge on any atom is 0.336 e. The monoisotopic (exact) mass is 261 g/mol. The Balaban J connectivity index is 2.70. The summed E-state index contributed by atoms with van der Waals surface area (Å²) in [7, 11) is 0. The van der Waals surface area contributed by atoms with Crippen LogP contribution in [-0.4, -0.2) is 27.4 Å². The number of hydrogen-bond acceptors (Lipinski definition) is 2. The second-order valence-electron chi connectivity index (χ2n) is 4.93. The molecule has 0 spiro atoms. The van der Waals surface area contributed by atoms with Crippen LogP contribution in [0.2, 0.25) is 0 Å². The minimum Gasteiger partial charge on any atom is -0.478 e. The van der Waals surface area contributed by atoms with Gasteiger partial charge in [-0.25, -0.2) is 4.79 Å². The maximum atomic E-state index is 11.2. The van der Waals surface area contributed by atoms with Crippen molar-refractivity contribution in [2.45, 2.75) is 33.7 Å². The van der Waals surface area contributed by atoms with Crippen LogP contribution in [0.3, 0.4) is 0 Å². The molecule has 4 heteroatoms. The summed E-state index contributed by atoms with van der Waals surface area (Å²) in [5, 5.41) is 19.3. The molecule has 0 unspecified atom stereocenters. The average molecular weight is 261 g/mol. The Bertz CT molecular complexity index is 641. The molecule has 0 fully saturated rings. The largest absolute Gasteiger partial charge is 0.478 e. The van der Waals surface area contributed by atoms with Crippen molar-refractivity contribution in [3.8, 4) is 0 Å². The maximum absolute atomic E-state index is 11.2. The summed E-state index contributed by atoms with van der Waals surface area (Å²) in [5.41, 5.74) is 4.36. The van der Waals surface area contributed by atoms with Gasteiger partial charge in [0.1, 0.15) is 0 Å². The van der Waals surface area contributed by atoms with E-state index >= 15 is 0 Å². The number of fused-ring (bicyclic) bond motifs is 1. The first-order valence-corrected chi connectivity index (χ1v) is 6.41. The second-order valence-corrected chi connectivity index (χ2v) is 4.93. The lowest BCUT2D eigenvalue weighted by molar-refractivity contribution is 0.0696. The number of aliphatic hydroxyl groups excluding tert-OH is 1. The van der Waals surface area contributed by atoms with E-state index in [2.05, 4.69) is 4.57 Å². The molecule has 102 valence electrons. The second kappa shape index (κ2) is 5.05. The van der Waals surface area contributed by atoms with Crippen molar-refractivity contribution in [2.75, 3.05) is 6.61 Å². The van der Waals surface area contributed by atoms with Gasteiger partial charge in [-0.05, 0) is 50.5 Å². The number of carboxylic acids is 1. The van der Waals surface area contributed by atoms with E-state index in [0.717, 1.165) is 22.2 Å². The summed E-state index contributed by atoms with van der Waals surface area (Å²) >= 11 is 0. The number of aliphatic hydroxyl groups is 1. The number of aromatic carboxylic acids is 1. The molecular formula is C15H19NO3. The molecule has 2 N–H and O–H groups in total. The van der Waals surface area contributed by atoms with Crippen molar-refractivity contribution in [1.29, 1.82) is 0 Å². The van der Waals surface area contributed by atoms with E-state index in [-0.39, 0.29) is 6.61 Å². The van der Waals surface area contributed by atoms with Crippen molar-refractivity contribution in [3.63, 3.8) is 0 Å². The molecule has 0 amide bonds. The average Bonchev–Trinajstić information content (AvgIpc) is 2.59. The van der Waals surface area contributed by atoms with Crippen LogP contribution in [-0.2, 0) is 6.54 Å². The van der Waals surface area contributed by atoms with Gasteiger partial charge in [0.05, 0.1) is 5.56 Å². The molecule has 0 aliphatic rings. The first kappa shape index (κ1) is 13.6. The minimum absolute atomic E-state index is 0.135. The number of hydrogen-bond donors (Lipinski definition) is 2. The van der Waals surface area contributed by atoms with Gasteiger partial charge in [-0.1, -0.05) is 0 Å². The SMILES string of the molecule is Cc1cc2c(C)c(C)n(CCCO)c2cc1C(=O)O. The highest BCUT2D eigenvalue weighted by Crippen LogP contribution is 2.28. The van der Waals surface area contributed by atoms with E-state index in [1.165, 1.54) is 5.56 Å². The van der Waals surface area contributed by atoms with Crippen LogP contribution >= 0.6 is 0 Å². The van der Waals surface area contributed by atoms with Gasteiger partial charge >= 0.3 is 5.97 Å². The Morgan fingerprint density at radius 3 is 2.53 bits per heavy atom. The fourth-order valence-electron chi connectivity index (χ4n) is 2.55. The number of aromatic nitrogens is 1. The topological polar surface area (TPSA) is 62.5 Å². The zero-order valence-electron chi connectivity index (χ0n) is 11.5. The molecular weight excluding hydrogens is 242 g/mol. The standard InChI is InChI=1S/C15H19NO3/c1-9-7-13-10(2)11(3)16(5-4-6-17)14(13)8-12(9)15(18)19/h7-8,17H,4-6H2,1-3H3,(H,18,19). The van der Waals surface area contributed by atoms with Crippen LogP contribution in [0.15, 0.2) is 12.1 Å². The summed E-state index contributed by atoms with van der Waals surface area (Å²) in [4.78, 5) is 11.2. The highest BCUT2D eigenvalue weighted by atomic mass is 16.4. The fourth-order valence-corrected chi connectivity index (χ4v) is 2.55. The third-order valence-electron chi connectivity index (χ3n) is 3.76. The van der Waals surface area contributed by atoms with Crippen molar-refractivity contribution in [1.82, 2.24) is 4.57 Å². The molecule has 2 rings (SSSR count). The summed E-state index contributed by atoms with van der Waals surface area (Å²) < 4.78 is 2.09. The lowest BCUT2D eigenvalue weighted by atomic mass is 10.0. The smallest absolute Gasteiger partial charge is 0.336 e. The van der Waals surface area contributed by atoms with E-state index in [9.17, 15) is 9.90 Å². The Morgan fingerprint density at radius 1 is 1.26 bits per heavy atom. The van der Waals surface area contributed by atoms with E-state index in [1.54, 1.807) is 6.07 Å². The van der Waals surface area contributed by atoms with Gasteiger partial charge in [0, 0.05) is 29.7 Å². The van der Waals surface area contributed by atoms with Crippen LogP contribution in [0.4, 0.5) is 0 Å². The van der Waals surface area contributed by atoms with Gasteiger partial charge in [-0.3, -0.25) is 0 Å². The van der Waals surface area contributed by atoms with Crippen molar-refractivity contribution in [2.24, 2.45) is 0 Å². The number of nitrogens with zero attached hydrogens (tertiary/aromatic N) is 1. The fraction of sp³-hybridized carbons (Fsp3) is 0.400. The first-order valence-electron chi connectivity index (χ1n) is 6.41. The normalized spacial score (nSPS) is 11.2. The van der Waals surface area contributed by atoms with Crippen LogP contribution < -0.4 is 0 Å². The summed E-state index contributed by atoms with van der Waals surface area (Å²) in [5.74, 6) is -0.899.